The van der Waals surface area contributed by atoms with Gasteiger partial charge in [0.1, 0.15) is 0 Å². The third-order valence-electron chi connectivity index (χ3n) is 4.32. The van der Waals surface area contributed by atoms with Gasteiger partial charge >= 0.3 is 0 Å². The van der Waals surface area contributed by atoms with Crippen molar-refractivity contribution in [1.29, 1.82) is 0 Å². The molecule has 96 valence electrons. The summed E-state index contributed by atoms with van der Waals surface area (Å²) in [4.78, 5) is 0. The highest BCUT2D eigenvalue weighted by Crippen LogP contribution is 2.43. The minimum atomic E-state index is -0.0188. The molecule has 0 heterocycles. The maximum absolute atomic E-state index is 9.55. The average molecular weight is 226 g/mol. The normalized spacial score (nSPS) is 28.1. The summed E-state index contributed by atoms with van der Waals surface area (Å²) >= 11 is 0. The summed E-state index contributed by atoms with van der Waals surface area (Å²) < 4.78 is 0. The van der Waals surface area contributed by atoms with Crippen molar-refractivity contribution < 1.29 is 5.11 Å². The van der Waals surface area contributed by atoms with Crippen molar-refractivity contribution >= 4 is 0 Å². The quantitative estimate of drug-likeness (QED) is 0.756. The maximum Gasteiger partial charge on any atom is 0.0540 e. The SMILES string of the molecule is CC(C)(C)CCC(C)(C)C1CCC(O)CC1. The van der Waals surface area contributed by atoms with Crippen molar-refractivity contribution in [1.82, 2.24) is 0 Å². The molecule has 1 N–H and O–H groups in total. The Morgan fingerprint density at radius 2 is 1.38 bits per heavy atom. The molecule has 0 aliphatic heterocycles. The number of hydrogen-bond donors (Lipinski definition) is 1. The van der Waals surface area contributed by atoms with Crippen LogP contribution in [0.25, 0.3) is 0 Å². The molecule has 0 radical (unpaired) electrons. The molecule has 1 aliphatic rings. The molecule has 0 bridgehead atoms. The Hall–Kier alpha value is -0.0400. The van der Waals surface area contributed by atoms with Gasteiger partial charge in [-0.1, -0.05) is 34.6 Å². The van der Waals surface area contributed by atoms with Gasteiger partial charge in [0.15, 0.2) is 0 Å². The van der Waals surface area contributed by atoms with Gasteiger partial charge in [-0.05, 0) is 55.3 Å². The fourth-order valence-electron chi connectivity index (χ4n) is 2.76. The van der Waals surface area contributed by atoms with E-state index in [2.05, 4.69) is 34.6 Å². The minimum absolute atomic E-state index is 0.0188. The molecule has 0 aromatic heterocycles. The van der Waals surface area contributed by atoms with Crippen LogP contribution in [0.3, 0.4) is 0 Å². The van der Waals surface area contributed by atoms with E-state index in [1.807, 2.05) is 0 Å². The lowest BCUT2D eigenvalue weighted by molar-refractivity contribution is 0.0564. The Labute approximate surface area is 102 Å². The molecule has 16 heavy (non-hydrogen) atoms. The standard InChI is InChI=1S/C15H30O/c1-14(2,3)10-11-15(4,5)12-6-8-13(16)9-7-12/h12-13,16H,6-11H2,1-5H3. The van der Waals surface area contributed by atoms with Crippen LogP contribution in [-0.2, 0) is 0 Å². The fraction of sp³-hybridized carbons (Fsp3) is 1.00. The number of aliphatic hydroxyl groups is 1. The largest absolute Gasteiger partial charge is 0.393 e. The van der Waals surface area contributed by atoms with Gasteiger partial charge in [-0.25, -0.2) is 0 Å². The van der Waals surface area contributed by atoms with Gasteiger partial charge < -0.3 is 5.11 Å². The van der Waals surface area contributed by atoms with Crippen LogP contribution >= 0.6 is 0 Å². The summed E-state index contributed by atoms with van der Waals surface area (Å²) in [6, 6.07) is 0. The van der Waals surface area contributed by atoms with Crippen molar-refractivity contribution in [3.63, 3.8) is 0 Å². The highest BCUT2D eigenvalue weighted by Gasteiger charge is 2.33. The lowest BCUT2D eigenvalue weighted by Crippen LogP contribution is -2.30. The van der Waals surface area contributed by atoms with Crippen molar-refractivity contribution in [2.45, 2.75) is 79.2 Å². The molecule has 1 rings (SSSR count). The van der Waals surface area contributed by atoms with Crippen LogP contribution in [0.4, 0.5) is 0 Å². The third kappa shape index (κ3) is 4.45. The molecule has 0 aromatic rings. The lowest BCUT2D eigenvalue weighted by atomic mass is 9.67. The van der Waals surface area contributed by atoms with Gasteiger partial charge in [0.2, 0.25) is 0 Å². The summed E-state index contributed by atoms with van der Waals surface area (Å²) in [6.45, 7) is 11.8. The molecule has 1 saturated carbocycles. The summed E-state index contributed by atoms with van der Waals surface area (Å²) in [6.07, 6.45) is 7.08. The first-order valence-electron chi connectivity index (χ1n) is 6.89. The van der Waals surface area contributed by atoms with E-state index >= 15 is 0 Å². The van der Waals surface area contributed by atoms with E-state index in [0.29, 0.717) is 10.8 Å². The maximum atomic E-state index is 9.55. The molecule has 1 heteroatoms. The zero-order valence-electron chi connectivity index (χ0n) is 11.8. The first kappa shape index (κ1) is 14.0. The predicted octanol–water partition coefficient (Wildman–Crippen LogP) is 4.39. The lowest BCUT2D eigenvalue weighted by Gasteiger charge is -2.39. The molecule has 0 unspecified atom stereocenters. The molecule has 0 aromatic carbocycles. The third-order valence-corrected chi connectivity index (χ3v) is 4.32. The topological polar surface area (TPSA) is 20.2 Å². The molecule has 0 amide bonds. The van der Waals surface area contributed by atoms with E-state index in [4.69, 9.17) is 0 Å². The molecular formula is C15H30O. The van der Waals surface area contributed by atoms with E-state index in [1.54, 1.807) is 0 Å². The van der Waals surface area contributed by atoms with Crippen molar-refractivity contribution in [3.05, 3.63) is 0 Å². The van der Waals surface area contributed by atoms with Crippen molar-refractivity contribution in [3.8, 4) is 0 Å². The summed E-state index contributed by atoms with van der Waals surface area (Å²) in [5.74, 6) is 0.818. The first-order valence-corrected chi connectivity index (χ1v) is 6.89. The van der Waals surface area contributed by atoms with Crippen LogP contribution < -0.4 is 0 Å². The predicted molar refractivity (Wildman–Crippen MR) is 70.4 cm³/mol. The Bertz CT molecular complexity index is 204. The van der Waals surface area contributed by atoms with Crippen LogP contribution in [0.2, 0.25) is 0 Å². The molecule has 0 spiro atoms. The van der Waals surface area contributed by atoms with Gasteiger partial charge in [-0.2, -0.15) is 0 Å². The second kappa shape index (κ2) is 5.08. The van der Waals surface area contributed by atoms with Crippen LogP contribution in [0.5, 0.6) is 0 Å². The Kier molecular flexibility index (Phi) is 4.45. The molecule has 1 aliphatic carbocycles. The summed E-state index contributed by atoms with van der Waals surface area (Å²) in [5, 5.41) is 9.55. The Morgan fingerprint density at radius 3 is 1.81 bits per heavy atom. The molecule has 1 fully saturated rings. The highest BCUT2D eigenvalue weighted by molar-refractivity contribution is 4.84. The molecule has 1 nitrogen and oxygen atoms in total. The van der Waals surface area contributed by atoms with Gasteiger partial charge in [0.05, 0.1) is 6.10 Å². The smallest absolute Gasteiger partial charge is 0.0540 e. The second-order valence-corrected chi connectivity index (χ2v) is 7.55. The number of aliphatic hydroxyl groups excluding tert-OH is 1. The number of rotatable bonds is 3. The monoisotopic (exact) mass is 226 g/mol. The Morgan fingerprint density at radius 1 is 0.875 bits per heavy atom. The van der Waals surface area contributed by atoms with E-state index in [-0.39, 0.29) is 6.10 Å². The summed E-state index contributed by atoms with van der Waals surface area (Å²) in [7, 11) is 0. The van der Waals surface area contributed by atoms with Crippen molar-refractivity contribution in [2.24, 2.45) is 16.7 Å². The first-order chi connectivity index (χ1) is 7.21. The number of hydrogen-bond acceptors (Lipinski definition) is 1. The molecule has 0 atom stereocenters. The van der Waals surface area contributed by atoms with E-state index in [9.17, 15) is 5.11 Å². The average Bonchev–Trinajstić information content (AvgIpc) is 2.15. The molecule has 0 saturated heterocycles. The fourth-order valence-corrected chi connectivity index (χ4v) is 2.76. The van der Waals surface area contributed by atoms with Gasteiger partial charge in [0.25, 0.3) is 0 Å². The van der Waals surface area contributed by atoms with Crippen molar-refractivity contribution in [2.75, 3.05) is 0 Å². The van der Waals surface area contributed by atoms with Gasteiger partial charge in [-0.15, -0.1) is 0 Å². The van der Waals surface area contributed by atoms with E-state index < -0.39 is 0 Å². The zero-order valence-corrected chi connectivity index (χ0v) is 11.8. The molecular weight excluding hydrogens is 196 g/mol. The zero-order chi connectivity index (χ0) is 12.4. The van der Waals surface area contributed by atoms with Gasteiger partial charge in [-0.3, -0.25) is 0 Å². The summed E-state index contributed by atoms with van der Waals surface area (Å²) in [5.41, 5.74) is 0.902. The van der Waals surface area contributed by atoms with E-state index in [1.165, 1.54) is 25.7 Å². The Balaban J connectivity index is 2.44. The highest BCUT2D eigenvalue weighted by atomic mass is 16.3. The minimum Gasteiger partial charge on any atom is -0.393 e. The van der Waals surface area contributed by atoms with Gasteiger partial charge in [0, 0.05) is 0 Å². The van der Waals surface area contributed by atoms with Crippen LogP contribution in [0.15, 0.2) is 0 Å². The van der Waals surface area contributed by atoms with E-state index in [0.717, 1.165) is 18.8 Å². The van der Waals surface area contributed by atoms with Crippen LogP contribution in [-0.4, -0.2) is 11.2 Å². The second-order valence-electron chi connectivity index (χ2n) is 7.55. The van der Waals surface area contributed by atoms with Crippen LogP contribution in [0, 0.1) is 16.7 Å². The van der Waals surface area contributed by atoms with Crippen LogP contribution in [0.1, 0.15) is 73.1 Å².